The molecule has 1 heterocycles. The Kier molecular flexibility index (Phi) is 6.05. The Balaban J connectivity index is 1.68. The molecule has 146 valence electrons. The maximum absolute atomic E-state index is 12.4. The SMILES string of the molecule is COc1ccc(OC)c(NC(=O)CSc2nnc(-c3ccccc3C)n2N)c1. The second kappa shape index (κ2) is 8.66. The normalized spacial score (nSPS) is 10.5. The van der Waals surface area contributed by atoms with Gasteiger partial charge in [0.25, 0.3) is 0 Å². The zero-order valence-corrected chi connectivity index (χ0v) is 16.6. The van der Waals surface area contributed by atoms with Crippen LogP contribution in [0.25, 0.3) is 11.4 Å². The van der Waals surface area contributed by atoms with E-state index in [0.29, 0.717) is 28.2 Å². The summed E-state index contributed by atoms with van der Waals surface area (Å²) in [7, 11) is 3.10. The number of nitrogens with two attached hydrogens (primary N) is 1. The second-order valence-electron chi connectivity index (χ2n) is 5.89. The van der Waals surface area contributed by atoms with Crippen LogP contribution in [0.4, 0.5) is 5.69 Å². The van der Waals surface area contributed by atoms with Crippen molar-refractivity contribution in [2.75, 3.05) is 31.1 Å². The third-order valence-electron chi connectivity index (χ3n) is 4.06. The number of ether oxygens (including phenoxy) is 2. The lowest BCUT2D eigenvalue weighted by atomic mass is 10.1. The molecular weight excluding hydrogens is 378 g/mol. The highest BCUT2D eigenvalue weighted by Gasteiger charge is 2.16. The number of carbonyl (C=O) groups excluding carboxylic acids is 1. The van der Waals surface area contributed by atoms with Crippen molar-refractivity contribution in [2.45, 2.75) is 12.1 Å². The molecule has 8 nitrogen and oxygen atoms in total. The quantitative estimate of drug-likeness (QED) is 0.465. The number of aromatic nitrogens is 3. The Morgan fingerprint density at radius 3 is 2.68 bits per heavy atom. The van der Waals surface area contributed by atoms with Crippen LogP contribution in [-0.2, 0) is 4.79 Å². The van der Waals surface area contributed by atoms with Crippen molar-refractivity contribution in [3.8, 4) is 22.9 Å². The number of thioether (sulfide) groups is 1. The lowest BCUT2D eigenvalue weighted by Gasteiger charge is -2.11. The molecule has 0 aliphatic rings. The summed E-state index contributed by atoms with van der Waals surface area (Å²) in [4.78, 5) is 12.4. The third-order valence-corrected chi connectivity index (χ3v) is 5.01. The average molecular weight is 399 g/mol. The zero-order chi connectivity index (χ0) is 20.1. The summed E-state index contributed by atoms with van der Waals surface area (Å²) in [5.41, 5.74) is 2.47. The van der Waals surface area contributed by atoms with Gasteiger partial charge in [-0.1, -0.05) is 36.0 Å². The number of nitrogen functional groups attached to an aromatic ring is 1. The summed E-state index contributed by atoms with van der Waals surface area (Å²) in [6.07, 6.45) is 0. The summed E-state index contributed by atoms with van der Waals surface area (Å²) in [6, 6.07) is 13.0. The van der Waals surface area contributed by atoms with Crippen LogP contribution in [0.2, 0.25) is 0 Å². The molecule has 0 saturated heterocycles. The number of hydrogen-bond acceptors (Lipinski definition) is 7. The number of rotatable bonds is 7. The van der Waals surface area contributed by atoms with Crippen molar-refractivity contribution in [1.29, 1.82) is 0 Å². The standard InChI is InChI=1S/C19H21N5O3S/c1-12-6-4-5-7-14(12)18-22-23-19(24(18)20)28-11-17(25)21-15-10-13(26-2)8-9-16(15)27-3/h4-10H,11,20H2,1-3H3,(H,21,25). The molecule has 9 heteroatoms. The lowest BCUT2D eigenvalue weighted by Crippen LogP contribution is -2.17. The number of nitrogens with zero attached hydrogens (tertiary/aromatic N) is 3. The van der Waals surface area contributed by atoms with Crippen LogP contribution in [-0.4, -0.2) is 40.8 Å². The third kappa shape index (κ3) is 4.20. The summed E-state index contributed by atoms with van der Waals surface area (Å²) in [5, 5.41) is 11.5. The van der Waals surface area contributed by atoms with Gasteiger partial charge in [0.15, 0.2) is 5.82 Å². The molecular formula is C19H21N5O3S. The molecule has 1 amide bonds. The van der Waals surface area contributed by atoms with E-state index in [1.807, 2.05) is 31.2 Å². The molecule has 3 rings (SSSR count). The first-order valence-corrected chi connectivity index (χ1v) is 9.43. The van der Waals surface area contributed by atoms with E-state index in [9.17, 15) is 4.79 Å². The lowest BCUT2D eigenvalue weighted by molar-refractivity contribution is -0.113. The van der Waals surface area contributed by atoms with Crippen LogP contribution in [0.3, 0.4) is 0 Å². The first kappa shape index (κ1) is 19.6. The van der Waals surface area contributed by atoms with E-state index in [-0.39, 0.29) is 11.7 Å². The first-order chi connectivity index (χ1) is 13.5. The number of benzene rings is 2. The van der Waals surface area contributed by atoms with Gasteiger partial charge in [0.05, 0.1) is 25.7 Å². The minimum absolute atomic E-state index is 0.115. The van der Waals surface area contributed by atoms with Gasteiger partial charge in [-0.3, -0.25) is 4.79 Å². The van der Waals surface area contributed by atoms with Crippen LogP contribution in [0.15, 0.2) is 47.6 Å². The predicted octanol–water partition coefficient (Wildman–Crippen LogP) is 2.72. The molecule has 0 spiro atoms. The van der Waals surface area contributed by atoms with Gasteiger partial charge in [0.1, 0.15) is 11.5 Å². The minimum Gasteiger partial charge on any atom is -0.497 e. The molecule has 0 aliphatic carbocycles. The van der Waals surface area contributed by atoms with Crippen molar-refractivity contribution in [2.24, 2.45) is 0 Å². The van der Waals surface area contributed by atoms with Gasteiger partial charge in [-0.05, 0) is 24.6 Å². The number of carbonyl (C=O) groups is 1. The second-order valence-corrected chi connectivity index (χ2v) is 6.84. The Morgan fingerprint density at radius 2 is 1.96 bits per heavy atom. The topological polar surface area (TPSA) is 104 Å². The van der Waals surface area contributed by atoms with Gasteiger partial charge in [-0.25, -0.2) is 4.68 Å². The highest BCUT2D eigenvalue weighted by Crippen LogP contribution is 2.29. The highest BCUT2D eigenvalue weighted by atomic mass is 32.2. The zero-order valence-electron chi connectivity index (χ0n) is 15.8. The van der Waals surface area contributed by atoms with Gasteiger partial charge in [0.2, 0.25) is 11.1 Å². The maximum Gasteiger partial charge on any atom is 0.234 e. The van der Waals surface area contributed by atoms with Crippen molar-refractivity contribution in [1.82, 2.24) is 14.9 Å². The highest BCUT2D eigenvalue weighted by molar-refractivity contribution is 7.99. The van der Waals surface area contributed by atoms with Gasteiger partial charge < -0.3 is 20.6 Å². The molecule has 0 atom stereocenters. The predicted molar refractivity (Wildman–Crippen MR) is 109 cm³/mol. The summed E-state index contributed by atoms with van der Waals surface area (Å²) < 4.78 is 11.8. The van der Waals surface area contributed by atoms with Gasteiger partial charge >= 0.3 is 0 Å². The van der Waals surface area contributed by atoms with Crippen molar-refractivity contribution in [3.63, 3.8) is 0 Å². The Morgan fingerprint density at radius 1 is 1.18 bits per heavy atom. The van der Waals surface area contributed by atoms with Crippen molar-refractivity contribution in [3.05, 3.63) is 48.0 Å². The number of aryl methyl sites for hydroxylation is 1. The number of methoxy groups -OCH3 is 2. The molecule has 0 fully saturated rings. The van der Waals surface area contributed by atoms with Crippen LogP contribution < -0.4 is 20.6 Å². The van der Waals surface area contributed by atoms with E-state index < -0.39 is 0 Å². The molecule has 0 aliphatic heterocycles. The molecule has 28 heavy (non-hydrogen) atoms. The molecule has 3 N–H and O–H groups in total. The molecule has 2 aromatic carbocycles. The summed E-state index contributed by atoms with van der Waals surface area (Å²) in [6.45, 7) is 1.98. The van der Waals surface area contributed by atoms with E-state index in [2.05, 4.69) is 15.5 Å². The van der Waals surface area contributed by atoms with Crippen molar-refractivity contribution < 1.29 is 14.3 Å². The average Bonchev–Trinajstić information content (AvgIpc) is 3.07. The Hall–Kier alpha value is -3.20. The van der Waals surface area contributed by atoms with E-state index in [1.165, 1.54) is 23.5 Å². The summed E-state index contributed by atoms with van der Waals surface area (Å²) in [5.74, 6) is 7.73. The van der Waals surface area contributed by atoms with Crippen LogP contribution in [0, 0.1) is 6.92 Å². The molecule has 0 saturated carbocycles. The van der Waals surface area contributed by atoms with Crippen molar-refractivity contribution >= 4 is 23.4 Å². The Bertz CT molecular complexity index is 989. The maximum atomic E-state index is 12.4. The van der Waals surface area contributed by atoms with E-state index in [4.69, 9.17) is 15.3 Å². The molecule has 3 aromatic rings. The fraction of sp³-hybridized carbons (Fsp3) is 0.211. The monoisotopic (exact) mass is 399 g/mol. The van der Waals surface area contributed by atoms with E-state index in [1.54, 1.807) is 25.3 Å². The fourth-order valence-corrected chi connectivity index (χ4v) is 3.27. The largest absolute Gasteiger partial charge is 0.497 e. The molecule has 1 aromatic heterocycles. The van der Waals surface area contributed by atoms with E-state index in [0.717, 1.165) is 11.1 Å². The van der Waals surface area contributed by atoms with Gasteiger partial charge in [0, 0.05) is 11.6 Å². The van der Waals surface area contributed by atoms with Gasteiger partial charge in [-0.15, -0.1) is 10.2 Å². The number of amides is 1. The molecule has 0 unspecified atom stereocenters. The fourth-order valence-electron chi connectivity index (χ4n) is 2.61. The summed E-state index contributed by atoms with van der Waals surface area (Å²) >= 11 is 1.20. The number of hydrogen-bond donors (Lipinski definition) is 2. The molecule has 0 bridgehead atoms. The first-order valence-electron chi connectivity index (χ1n) is 8.44. The number of nitrogens with one attached hydrogen (secondary N) is 1. The molecule has 0 radical (unpaired) electrons. The van der Waals surface area contributed by atoms with Crippen LogP contribution in [0.1, 0.15) is 5.56 Å². The van der Waals surface area contributed by atoms with E-state index >= 15 is 0 Å². The van der Waals surface area contributed by atoms with Gasteiger partial charge in [-0.2, -0.15) is 0 Å². The smallest absolute Gasteiger partial charge is 0.234 e. The Labute approximate surface area is 167 Å². The van der Waals surface area contributed by atoms with Crippen LogP contribution >= 0.6 is 11.8 Å². The van der Waals surface area contributed by atoms with Crippen LogP contribution in [0.5, 0.6) is 11.5 Å². The number of anilines is 1. The minimum atomic E-state index is -0.225.